The van der Waals surface area contributed by atoms with Crippen LogP contribution in [0.2, 0.25) is 25.3 Å². The Morgan fingerprint density at radius 3 is 1.02 bits per heavy atom. The topological polar surface area (TPSA) is 4.44 Å². The molecule has 1 rings (SSSR count). The average molecular weight is 718 g/mol. The molecule has 1 unspecified atom stereocenters. The average Bonchev–Trinajstić information content (AvgIpc) is 3.12. The predicted octanol–water partition coefficient (Wildman–Crippen LogP) is 15.3. The molecule has 0 aromatic heterocycles. The minimum absolute atomic E-state index is 0.0921. The van der Waals surface area contributed by atoms with Crippen molar-refractivity contribution in [3.8, 4) is 0 Å². The summed E-state index contributed by atoms with van der Waals surface area (Å²) >= 11 is 0. The lowest BCUT2D eigenvalue weighted by atomic mass is 9.17. The van der Waals surface area contributed by atoms with Gasteiger partial charge in [0.1, 0.15) is 0 Å². The Bertz CT molecular complexity index is 829. The zero-order chi connectivity index (χ0) is 37.5. The molecule has 0 aliphatic rings. The monoisotopic (exact) mass is 718 g/mol. The number of halogens is 5. The molecule has 1 nitrogen and oxygen atoms in total. The second kappa shape index (κ2) is 32.5. The summed E-state index contributed by atoms with van der Waals surface area (Å²) in [7, 11) is 0. The van der Waals surface area contributed by atoms with Gasteiger partial charge in [0.25, 0.3) is 0 Å². The van der Waals surface area contributed by atoms with Gasteiger partial charge in [-0.15, -0.1) is 0 Å². The van der Waals surface area contributed by atoms with E-state index >= 15 is 0 Å². The third-order valence-corrected chi connectivity index (χ3v) is 11.2. The van der Waals surface area contributed by atoms with Gasteiger partial charge in [0.2, 0.25) is 24.1 Å². The standard InChI is InChI=1S/C32H68B.C11H12F5N/c1-5-9-13-17-21-25-29-33(30-26-22-18-14-10-6-2,31-27-23-19-15-11-7-3)32-28-24-20-16-12-8-4;1-3-4-17(5-12)11-8(14)6(2)7(13)9(15)10(11)16/h5-32H2,1-4H3;3-5H2,1-2H3/q-1;/p+1. The molecule has 0 heterocycles. The number of benzene rings is 1. The molecule has 50 heavy (non-hydrogen) atoms. The van der Waals surface area contributed by atoms with Gasteiger partial charge < -0.3 is 0 Å². The van der Waals surface area contributed by atoms with Crippen LogP contribution >= 0.6 is 0 Å². The highest BCUT2D eigenvalue weighted by molar-refractivity contribution is 6.79. The fourth-order valence-electron chi connectivity index (χ4n) is 7.92. The lowest BCUT2D eigenvalue weighted by Gasteiger charge is -2.41. The van der Waals surface area contributed by atoms with E-state index in [4.69, 9.17) is 0 Å². The first-order valence-corrected chi connectivity index (χ1v) is 21.6. The fraction of sp³-hybridized carbons (Fsp3) is 0.860. The molecule has 0 aliphatic carbocycles. The normalized spacial score (nSPS) is 12.3. The second-order valence-corrected chi connectivity index (χ2v) is 15.7. The van der Waals surface area contributed by atoms with Crippen LogP contribution in [-0.2, 0) is 0 Å². The van der Waals surface area contributed by atoms with Crippen molar-refractivity contribution < 1.29 is 26.9 Å². The van der Waals surface area contributed by atoms with E-state index in [-0.39, 0.29) is 17.6 Å². The molecule has 0 saturated heterocycles. The van der Waals surface area contributed by atoms with Crippen molar-refractivity contribution in [2.24, 2.45) is 0 Å². The third-order valence-electron chi connectivity index (χ3n) is 11.2. The van der Waals surface area contributed by atoms with Gasteiger partial charge in [-0.1, -0.05) is 189 Å². The van der Waals surface area contributed by atoms with Crippen LogP contribution in [0.3, 0.4) is 0 Å². The van der Waals surface area contributed by atoms with Crippen LogP contribution in [0.1, 0.15) is 201 Å². The molecule has 0 spiro atoms. The maximum absolute atomic E-state index is 13.6. The van der Waals surface area contributed by atoms with E-state index in [2.05, 4.69) is 27.7 Å². The van der Waals surface area contributed by atoms with Crippen LogP contribution in [0.25, 0.3) is 0 Å². The highest BCUT2D eigenvalue weighted by Gasteiger charge is 2.30. The summed E-state index contributed by atoms with van der Waals surface area (Å²) in [6.45, 7) is 11.1. The predicted molar refractivity (Wildman–Crippen MR) is 211 cm³/mol. The van der Waals surface area contributed by atoms with Gasteiger partial charge in [-0.2, -0.15) is 38.5 Å². The number of nitrogens with one attached hydrogen (secondary N) is 1. The van der Waals surface area contributed by atoms with Gasteiger partial charge in [0.05, 0.1) is 6.54 Å². The minimum atomic E-state index is -1.76. The van der Waals surface area contributed by atoms with Crippen molar-refractivity contribution in [3.05, 3.63) is 28.8 Å². The smallest absolute Gasteiger partial charge is 0.225 e. The molecular weight excluding hydrogens is 636 g/mol. The van der Waals surface area contributed by atoms with Crippen LogP contribution in [0.15, 0.2) is 0 Å². The summed E-state index contributed by atoms with van der Waals surface area (Å²) in [6.07, 6.45) is 42.1. The van der Waals surface area contributed by atoms with E-state index in [9.17, 15) is 22.0 Å². The maximum atomic E-state index is 13.6. The third kappa shape index (κ3) is 21.4. The summed E-state index contributed by atoms with van der Waals surface area (Å²) in [5.74, 6) is -6.23. The summed E-state index contributed by atoms with van der Waals surface area (Å²) in [6, 6.07) is 0. The van der Waals surface area contributed by atoms with Crippen molar-refractivity contribution in [1.29, 1.82) is 0 Å². The van der Waals surface area contributed by atoms with E-state index in [1.807, 2.05) is 0 Å². The summed E-state index contributed by atoms with van der Waals surface area (Å²) in [5, 5.41) is 0. The second-order valence-electron chi connectivity index (χ2n) is 15.7. The minimum Gasteiger partial charge on any atom is -0.271 e. The molecule has 1 atom stereocenters. The Hall–Kier alpha value is -1.11. The molecule has 0 amide bonds. The van der Waals surface area contributed by atoms with Crippen molar-refractivity contribution >= 4 is 11.8 Å². The number of unbranched alkanes of at least 4 members (excludes halogenated alkanes) is 20. The van der Waals surface area contributed by atoms with Gasteiger partial charge in [-0.3, -0.25) is 4.90 Å². The SMILES string of the molecule is CCCCCCCC[B-](CCCCCCCC)(CCCCCCCC)CCCCCCCC.CCC[NH+](CF)c1c(F)c(C)c(F)c(F)c1F. The Kier molecular flexibility index (Phi) is 31.8. The number of rotatable bonds is 32. The zero-order valence-electron chi connectivity index (χ0n) is 33.9. The number of hydrogen-bond acceptors (Lipinski definition) is 0. The van der Waals surface area contributed by atoms with Gasteiger partial charge in [-0.05, 0) is 13.3 Å². The zero-order valence-corrected chi connectivity index (χ0v) is 33.9. The molecule has 0 saturated carbocycles. The maximum Gasteiger partial charge on any atom is 0.225 e. The summed E-state index contributed by atoms with van der Waals surface area (Å²) in [5.41, 5.74) is -1.41. The quantitative estimate of drug-likeness (QED) is 0.0189. The molecule has 1 N–H and O–H groups in total. The molecule has 7 heteroatoms. The van der Waals surface area contributed by atoms with Gasteiger partial charge >= 0.3 is 0 Å². The van der Waals surface area contributed by atoms with Crippen molar-refractivity contribution in [1.82, 2.24) is 0 Å². The molecule has 296 valence electrons. The van der Waals surface area contributed by atoms with Gasteiger partial charge in [0, 0.05) is 11.7 Å². The molecule has 1 aromatic carbocycles. The molecule has 1 aromatic rings. The molecular formula is C43H81BF5N. The van der Waals surface area contributed by atoms with Crippen LogP contribution < -0.4 is 4.90 Å². The van der Waals surface area contributed by atoms with Crippen LogP contribution in [0.4, 0.5) is 27.6 Å². The van der Waals surface area contributed by atoms with Crippen molar-refractivity contribution in [2.75, 3.05) is 13.3 Å². The Balaban J connectivity index is 0.00000117. The Labute approximate surface area is 307 Å². The highest BCUT2D eigenvalue weighted by atomic mass is 19.2. The summed E-state index contributed by atoms with van der Waals surface area (Å²) < 4.78 is 65.9. The lowest BCUT2D eigenvalue weighted by Crippen LogP contribution is -3.07. The number of hydrogen-bond donors (Lipinski definition) is 1. The highest BCUT2D eigenvalue weighted by Crippen LogP contribution is 2.35. The van der Waals surface area contributed by atoms with E-state index in [1.54, 1.807) is 32.2 Å². The van der Waals surface area contributed by atoms with E-state index in [0.717, 1.165) is 6.92 Å². The summed E-state index contributed by atoms with van der Waals surface area (Å²) in [4.78, 5) is -0.190. The fourth-order valence-corrected chi connectivity index (χ4v) is 7.92. The van der Waals surface area contributed by atoms with E-state index in [0.29, 0.717) is 6.42 Å². The Morgan fingerprint density at radius 1 is 0.400 bits per heavy atom. The number of alkyl halides is 1. The van der Waals surface area contributed by atoms with Crippen LogP contribution in [0, 0.1) is 30.2 Å². The first-order valence-electron chi connectivity index (χ1n) is 21.6. The van der Waals surface area contributed by atoms with Gasteiger partial charge in [-0.25, -0.2) is 8.78 Å². The first kappa shape index (κ1) is 48.9. The molecule has 0 bridgehead atoms. The van der Waals surface area contributed by atoms with Crippen molar-refractivity contribution in [2.45, 2.75) is 227 Å². The molecule has 0 radical (unpaired) electrons. The van der Waals surface area contributed by atoms with Crippen molar-refractivity contribution in [3.63, 3.8) is 0 Å². The molecule has 0 aliphatic heterocycles. The largest absolute Gasteiger partial charge is 0.271 e. The lowest BCUT2D eigenvalue weighted by molar-refractivity contribution is -0.849. The van der Waals surface area contributed by atoms with E-state index in [1.165, 1.54) is 154 Å². The number of quaternary nitrogens is 1. The Morgan fingerprint density at radius 2 is 0.720 bits per heavy atom. The van der Waals surface area contributed by atoms with E-state index < -0.39 is 41.3 Å². The van der Waals surface area contributed by atoms with Crippen LogP contribution in [0.5, 0.6) is 0 Å². The molecule has 0 fully saturated rings. The van der Waals surface area contributed by atoms with Crippen LogP contribution in [-0.4, -0.2) is 19.5 Å². The van der Waals surface area contributed by atoms with Gasteiger partial charge in [0.15, 0.2) is 11.6 Å². The first-order chi connectivity index (χ1) is 24.2.